The number of carbonyl (C=O) groups excluding carboxylic acids is 1. The molecule has 4 aromatic rings. The van der Waals surface area contributed by atoms with Crippen molar-refractivity contribution in [1.82, 2.24) is 9.55 Å². The Bertz CT molecular complexity index is 1620. The van der Waals surface area contributed by atoms with Crippen LogP contribution in [0.15, 0.2) is 52.4 Å². The molecule has 0 saturated heterocycles. The average molecular weight is 594 g/mol. The Labute approximate surface area is 235 Å². The number of aromatic nitrogens is 2. The highest BCUT2D eigenvalue weighted by molar-refractivity contribution is 7.99. The van der Waals surface area contributed by atoms with Crippen molar-refractivity contribution in [2.24, 2.45) is 5.92 Å². The first-order valence-corrected chi connectivity index (χ1v) is 14.2. The van der Waals surface area contributed by atoms with Gasteiger partial charge < -0.3 is 10.1 Å². The molecule has 2 aromatic heterocycles. The molecule has 12 heteroatoms. The zero-order valence-corrected chi connectivity index (χ0v) is 23.3. The van der Waals surface area contributed by atoms with Gasteiger partial charge in [-0.1, -0.05) is 30.3 Å². The summed E-state index contributed by atoms with van der Waals surface area (Å²) in [4.78, 5) is 33.2. The van der Waals surface area contributed by atoms with E-state index < -0.39 is 22.7 Å². The number of hydrogen-bond donors (Lipinski definition) is 1. The van der Waals surface area contributed by atoms with Gasteiger partial charge in [-0.25, -0.2) is 4.98 Å². The van der Waals surface area contributed by atoms with E-state index in [0.29, 0.717) is 32.7 Å². The Balaban J connectivity index is 1.48. The molecule has 6 nitrogen and oxygen atoms in total. The molecular weight excluding hydrogens is 571 g/mol. The Morgan fingerprint density at radius 2 is 2.00 bits per heavy atom. The molecule has 1 aliphatic rings. The molecule has 2 aromatic carbocycles. The lowest BCUT2D eigenvalue weighted by atomic mass is 9.89. The van der Waals surface area contributed by atoms with E-state index in [1.54, 1.807) is 31.4 Å². The Kier molecular flexibility index (Phi) is 7.67. The summed E-state index contributed by atoms with van der Waals surface area (Å²) < 4.78 is 46.4. The predicted octanol–water partition coefficient (Wildman–Crippen LogP) is 6.98. The molecule has 39 heavy (non-hydrogen) atoms. The van der Waals surface area contributed by atoms with Gasteiger partial charge in [-0.05, 0) is 73.2 Å². The number of rotatable bonds is 6. The monoisotopic (exact) mass is 593 g/mol. The third-order valence-corrected chi connectivity index (χ3v) is 8.93. The van der Waals surface area contributed by atoms with E-state index in [1.807, 2.05) is 0 Å². The quantitative estimate of drug-likeness (QED) is 0.193. The molecule has 5 rings (SSSR count). The number of nitrogens with zero attached hydrogens (tertiary/aromatic N) is 2. The Morgan fingerprint density at radius 3 is 2.69 bits per heavy atom. The number of aryl methyl sites for hydroxylation is 1. The fourth-order valence-corrected chi connectivity index (χ4v) is 7.04. The fourth-order valence-electron chi connectivity index (χ4n) is 4.57. The summed E-state index contributed by atoms with van der Waals surface area (Å²) in [5, 5.41) is 2.94. The zero-order chi connectivity index (χ0) is 27.9. The number of hydrogen-bond acceptors (Lipinski definition) is 6. The Morgan fingerprint density at radius 1 is 1.26 bits per heavy atom. The summed E-state index contributed by atoms with van der Waals surface area (Å²) in [6.07, 6.45) is -1.95. The maximum Gasteiger partial charge on any atom is 0.417 e. The minimum Gasteiger partial charge on any atom is -0.497 e. The van der Waals surface area contributed by atoms with Crippen molar-refractivity contribution in [2.45, 2.75) is 37.5 Å². The lowest BCUT2D eigenvalue weighted by Crippen LogP contribution is -2.23. The average Bonchev–Trinajstić information content (AvgIpc) is 3.25. The SMILES string of the molecule is COc1ccc(-n2c(SCC(=O)Nc3ccc(Cl)c(C(F)(F)F)c3)nc3sc4c(c3c2=O)CC[C@@H](C)C4)cc1. The van der Waals surface area contributed by atoms with E-state index in [4.69, 9.17) is 21.3 Å². The highest BCUT2D eigenvalue weighted by Gasteiger charge is 2.33. The van der Waals surface area contributed by atoms with Crippen LogP contribution < -0.4 is 15.6 Å². The predicted molar refractivity (Wildman–Crippen MR) is 149 cm³/mol. The van der Waals surface area contributed by atoms with Crippen molar-refractivity contribution in [3.05, 3.63) is 73.8 Å². The van der Waals surface area contributed by atoms with Crippen molar-refractivity contribution >= 4 is 56.5 Å². The topological polar surface area (TPSA) is 73.2 Å². The molecule has 0 aliphatic heterocycles. The van der Waals surface area contributed by atoms with Crippen LogP contribution in [0.3, 0.4) is 0 Å². The van der Waals surface area contributed by atoms with Crippen LogP contribution in [0.25, 0.3) is 15.9 Å². The number of benzene rings is 2. The van der Waals surface area contributed by atoms with Gasteiger partial charge in [0.25, 0.3) is 5.56 Å². The summed E-state index contributed by atoms with van der Waals surface area (Å²) in [5.41, 5.74) is 0.326. The van der Waals surface area contributed by atoms with E-state index in [9.17, 15) is 22.8 Å². The number of alkyl halides is 3. The van der Waals surface area contributed by atoms with E-state index in [-0.39, 0.29) is 17.0 Å². The number of fused-ring (bicyclic) bond motifs is 3. The summed E-state index contributed by atoms with van der Waals surface area (Å²) in [6, 6.07) is 10.1. The van der Waals surface area contributed by atoms with Gasteiger partial charge >= 0.3 is 6.18 Å². The van der Waals surface area contributed by atoms with Gasteiger partial charge in [0.05, 0.1) is 34.5 Å². The second-order valence-corrected chi connectivity index (χ2v) is 11.7. The highest BCUT2D eigenvalue weighted by Crippen LogP contribution is 2.38. The molecule has 1 N–H and O–H groups in total. The maximum absolute atomic E-state index is 13.9. The molecule has 0 fully saturated rings. The normalized spacial score (nSPS) is 15.3. The molecule has 0 radical (unpaired) electrons. The van der Waals surface area contributed by atoms with Gasteiger partial charge in [-0.15, -0.1) is 11.3 Å². The molecule has 1 atom stereocenters. The number of methoxy groups -OCH3 is 1. The molecular formula is C27H23ClF3N3O3S2. The van der Waals surface area contributed by atoms with Crippen molar-refractivity contribution in [2.75, 3.05) is 18.2 Å². The molecule has 2 heterocycles. The number of thioether (sulfide) groups is 1. The summed E-state index contributed by atoms with van der Waals surface area (Å²) in [5.74, 6) is 0.417. The summed E-state index contributed by atoms with van der Waals surface area (Å²) >= 11 is 8.22. The van der Waals surface area contributed by atoms with Crippen LogP contribution in [0.1, 0.15) is 29.3 Å². The third-order valence-electron chi connectivity index (χ3n) is 6.52. The smallest absolute Gasteiger partial charge is 0.417 e. The van der Waals surface area contributed by atoms with Gasteiger partial charge in [-0.3, -0.25) is 14.2 Å². The third kappa shape index (κ3) is 5.66. The zero-order valence-electron chi connectivity index (χ0n) is 20.9. The van der Waals surface area contributed by atoms with Crippen molar-refractivity contribution < 1.29 is 22.7 Å². The van der Waals surface area contributed by atoms with Crippen LogP contribution in [-0.2, 0) is 23.8 Å². The lowest BCUT2D eigenvalue weighted by molar-refractivity contribution is -0.137. The van der Waals surface area contributed by atoms with Gasteiger partial charge in [0.2, 0.25) is 5.91 Å². The minimum atomic E-state index is -4.65. The first kappa shape index (κ1) is 27.5. The van der Waals surface area contributed by atoms with Crippen molar-refractivity contribution in [3.63, 3.8) is 0 Å². The van der Waals surface area contributed by atoms with Gasteiger partial charge in [-0.2, -0.15) is 13.2 Å². The molecule has 0 bridgehead atoms. The molecule has 0 unspecified atom stereocenters. The minimum absolute atomic E-state index is 0.0340. The van der Waals surface area contributed by atoms with Gasteiger partial charge in [0.1, 0.15) is 10.6 Å². The molecule has 0 saturated carbocycles. The highest BCUT2D eigenvalue weighted by atomic mass is 35.5. The van der Waals surface area contributed by atoms with Crippen LogP contribution in [-0.4, -0.2) is 28.3 Å². The molecule has 1 aliphatic carbocycles. The number of amides is 1. The van der Waals surface area contributed by atoms with Crippen LogP contribution in [0, 0.1) is 5.92 Å². The van der Waals surface area contributed by atoms with Crippen LogP contribution in [0.5, 0.6) is 5.75 Å². The Hall–Kier alpha value is -3.02. The van der Waals surface area contributed by atoms with E-state index in [2.05, 4.69) is 12.2 Å². The maximum atomic E-state index is 13.9. The standard InChI is InChI=1S/C27H23ClF3N3O3S2/c1-14-3-9-18-21(11-14)39-24-23(18)25(36)34(16-5-7-17(37-2)8-6-16)26(33-24)38-13-22(35)32-15-4-10-20(28)19(12-15)27(29,30)31/h4-8,10,12,14H,3,9,11,13H2,1-2H3,(H,32,35)/t14-/m1/s1. The number of nitrogens with one attached hydrogen (secondary N) is 1. The number of ether oxygens (including phenoxy) is 1. The largest absolute Gasteiger partial charge is 0.497 e. The van der Waals surface area contributed by atoms with E-state index in [1.165, 1.54) is 22.0 Å². The summed E-state index contributed by atoms with van der Waals surface area (Å²) in [6.45, 7) is 2.19. The number of carbonyl (C=O) groups is 1. The molecule has 204 valence electrons. The van der Waals surface area contributed by atoms with Crippen LogP contribution >= 0.6 is 34.7 Å². The summed E-state index contributed by atoms with van der Waals surface area (Å²) in [7, 11) is 1.55. The fraction of sp³-hybridized carbons (Fsp3) is 0.296. The first-order valence-electron chi connectivity index (χ1n) is 12.1. The molecule has 1 amide bonds. The van der Waals surface area contributed by atoms with Crippen LogP contribution in [0.4, 0.5) is 18.9 Å². The number of halogens is 4. The first-order chi connectivity index (χ1) is 18.5. The van der Waals surface area contributed by atoms with Gasteiger partial charge in [0, 0.05) is 10.6 Å². The van der Waals surface area contributed by atoms with Crippen molar-refractivity contribution in [1.29, 1.82) is 0 Å². The number of thiophene rings is 1. The van der Waals surface area contributed by atoms with E-state index in [0.717, 1.165) is 53.6 Å². The lowest BCUT2D eigenvalue weighted by Gasteiger charge is -2.18. The second kappa shape index (κ2) is 10.9. The van der Waals surface area contributed by atoms with E-state index >= 15 is 0 Å². The van der Waals surface area contributed by atoms with Crippen molar-refractivity contribution in [3.8, 4) is 11.4 Å². The number of anilines is 1. The molecule has 0 spiro atoms. The van der Waals surface area contributed by atoms with Crippen LogP contribution in [0.2, 0.25) is 5.02 Å². The second-order valence-electron chi connectivity index (χ2n) is 9.29. The van der Waals surface area contributed by atoms with Gasteiger partial charge in [0.15, 0.2) is 5.16 Å².